The van der Waals surface area contributed by atoms with Crippen LogP contribution in [-0.2, 0) is 54.7 Å². The number of nitrogens with zero attached hydrogens (tertiary/aromatic N) is 2. The Bertz CT molecular complexity index is 2180. The Morgan fingerprint density at radius 1 is 0.471 bits per heavy atom. The van der Waals surface area contributed by atoms with E-state index in [4.69, 9.17) is 0 Å². The average Bonchev–Trinajstić information content (AvgIpc) is 3.37. The molecule has 8 unspecified atom stereocenters. The third-order valence-corrected chi connectivity index (χ3v) is 13.6. The number of benzene rings is 4. The Hall–Kier alpha value is -6.38. The van der Waals surface area contributed by atoms with Gasteiger partial charge in [-0.05, 0) is 88.0 Å². The molecule has 0 saturated heterocycles. The minimum Gasteiger partial charge on any atom is -0.348 e. The molecular weight excluding hydrogens is 857 g/mol. The summed E-state index contributed by atoms with van der Waals surface area (Å²) in [4.78, 5) is 87.6. The number of carbonyl (C=O) groups excluding carboxylic acids is 6. The molecule has 0 radical (unpaired) electrons. The molecule has 0 aliphatic carbocycles. The lowest BCUT2D eigenvalue weighted by Crippen LogP contribution is -2.59. The molecule has 4 aromatic carbocycles. The molecule has 14 nitrogen and oxygen atoms in total. The van der Waals surface area contributed by atoms with Crippen LogP contribution in [0.4, 0.5) is 0 Å². The SMILES string of the molecule is CNC(C)C(=O)NC(CCCCCCC(NC(=O)C(C)NC)C(=O)N1Cc2ccccc2CC1C(=O)NC(C)c1ccccc1)C(=O)N1Cc2ccccc2CC1C(=O)NC(C)c1ccccc1. The highest BCUT2D eigenvalue weighted by Crippen LogP contribution is 2.28. The number of rotatable bonds is 21. The lowest BCUT2D eigenvalue weighted by atomic mass is 9.91. The van der Waals surface area contributed by atoms with Gasteiger partial charge >= 0.3 is 0 Å². The third-order valence-electron chi connectivity index (χ3n) is 13.6. The first-order valence-corrected chi connectivity index (χ1v) is 24.2. The third kappa shape index (κ3) is 13.2. The predicted molar refractivity (Wildman–Crippen MR) is 264 cm³/mol. The number of hydrogen-bond donors (Lipinski definition) is 6. The molecule has 0 bridgehead atoms. The van der Waals surface area contributed by atoms with Crippen molar-refractivity contribution in [2.24, 2.45) is 0 Å². The van der Waals surface area contributed by atoms with E-state index in [-0.39, 0.29) is 60.6 Å². The summed E-state index contributed by atoms with van der Waals surface area (Å²) in [6.07, 6.45) is 3.83. The van der Waals surface area contributed by atoms with E-state index in [9.17, 15) is 28.8 Å². The highest BCUT2D eigenvalue weighted by Gasteiger charge is 2.40. The largest absolute Gasteiger partial charge is 0.348 e. The van der Waals surface area contributed by atoms with E-state index in [1.54, 1.807) is 37.7 Å². The normalized spacial score (nSPS) is 18.0. The van der Waals surface area contributed by atoms with Crippen molar-refractivity contribution in [1.29, 1.82) is 0 Å². The molecule has 2 aliphatic heterocycles. The maximum Gasteiger partial charge on any atom is 0.246 e. The number of amides is 6. The van der Waals surface area contributed by atoms with Gasteiger partial charge in [0.2, 0.25) is 35.4 Å². The second-order valence-electron chi connectivity index (χ2n) is 18.3. The lowest BCUT2D eigenvalue weighted by molar-refractivity contribution is -0.145. The van der Waals surface area contributed by atoms with Gasteiger partial charge in [0.25, 0.3) is 0 Å². The molecule has 6 N–H and O–H groups in total. The topological polar surface area (TPSA) is 181 Å². The van der Waals surface area contributed by atoms with Crippen molar-refractivity contribution in [3.05, 3.63) is 143 Å². The lowest BCUT2D eigenvalue weighted by Gasteiger charge is -2.39. The number of likely N-dealkylation sites (N-methyl/N-ethyl adjacent to an activating group) is 2. The van der Waals surface area contributed by atoms with Crippen LogP contribution in [-0.4, -0.2) is 95.6 Å². The fraction of sp³-hybridized carbons (Fsp3) is 0.444. The van der Waals surface area contributed by atoms with Gasteiger partial charge in [-0.3, -0.25) is 28.8 Å². The molecule has 0 fully saturated rings. The molecule has 6 rings (SSSR count). The van der Waals surface area contributed by atoms with Gasteiger partial charge in [-0.15, -0.1) is 0 Å². The van der Waals surface area contributed by atoms with E-state index in [0.717, 1.165) is 33.4 Å². The van der Waals surface area contributed by atoms with E-state index in [0.29, 0.717) is 51.4 Å². The summed E-state index contributed by atoms with van der Waals surface area (Å²) in [5.74, 6) is -1.82. The van der Waals surface area contributed by atoms with Gasteiger partial charge in [-0.25, -0.2) is 0 Å². The average molecular weight is 927 g/mol. The van der Waals surface area contributed by atoms with Crippen molar-refractivity contribution >= 4 is 35.4 Å². The van der Waals surface area contributed by atoms with Crippen molar-refractivity contribution < 1.29 is 28.8 Å². The highest BCUT2D eigenvalue weighted by atomic mass is 16.2. The van der Waals surface area contributed by atoms with Crippen LogP contribution in [0, 0.1) is 0 Å². The molecule has 2 aliphatic rings. The van der Waals surface area contributed by atoms with Crippen LogP contribution in [0.5, 0.6) is 0 Å². The maximum absolute atomic E-state index is 14.7. The van der Waals surface area contributed by atoms with Gasteiger partial charge in [0.1, 0.15) is 24.2 Å². The minimum absolute atomic E-state index is 0.227. The molecule has 4 aromatic rings. The van der Waals surface area contributed by atoms with Crippen LogP contribution in [0.25, 0.3) is 0 Å². The number of carbonyl (C=O) groups is 6. The Balaban J connectivity index is 1.14. The Morgan fingerprint density at radius 2 is 0.809 bits per heavy atom. The van der Waals surface area contributed by atoms with E-state index in [1.807, 2.05) is 123 Å². The monoisotopic (exact) mass is 927 g/mol. The molecule has 6 amide bonds. The summed E-state index contributed by atoms with van der Waals surface area (Å²) in [7, 11) is 3.37. The zero-order valence-corrected chi connectivity index (χ0v) is 40.4. The molecule has 0 spiro atoms. The fourth-order valence-corrected chi connectivity index (χ4v) is 9.07. The number of unbranched alkanes of at least 4 members (excludes halogenated alkanes) is 3. The molecule has 68 heavy (non-hydrogen) atoms. The number of hydrogen-bond acceptors (Lipinski definition) is 8. The quantitative estimate of drug-likeness (QED) is 0.0620. The predicted octanol–water partition coefficient (Wildman–Crippen LogP) is 5.17. The van der Waals surface area contributed by atoms with E-state index in [1.165, 1.54) is 0 Å². The van der Waals surface area contributed by atoms with E-state index in [2.05, 4.69) is 31.9 Å². The van der Waals surface area contributed by atoms with Gasteiger partial charge < -0.3 is 41.7 Å². The second-order valence-corrected chi connectivity index (χ2v) is 18.3. The number of fused-ring (bicyclic) bond motifs is 2. The molecule has 0 saturated carbocycles. The van der Waals surface area contributed by atoms with Crippen LogP contribution < -0.4 is 31.9 Å². The molecule has 8 atom stereocenters. The highest BCUT2D eigenvalue weighted by molar-refractivity contribution is 5.95. The second kappa shape index (κ2) is 24.6. The number of nitrogens with one attached hydrogen (secondary N) is 6. The first-order chi connectivity index (χ1) is 32.8. The van der Waals surface area contributed by atoms with Gasteiger partial charge in [0, 0.05) is 25.9 Å². The maximum atomic E-state index is 14.7. The van der Waals surface area contributed by atoms with Gasteiger partial charge in [0.15, 0.2) is 0 Å². The van der Waals surface area contributed by atoms with Gasteiger partial charge in [-0.1, -0.05) is 135 Å². The van der Waals surface area contributed by atoms with Crippen molar-refractivity contribution in [1.82, 2.24) is 41.7 Å². The Labute approximate surface area is 401 Å². The summed E-state index contributed by atoms with van der Waals surface area (Å²) in [5, 5.41) is 18.2. The summed E-state index contributed by atoms with van der Waals surface area (Å²) in [5.41, 5.74) is 5.82. The van der Waals surface area contributed by atoms with Crippen LogP contribution in [0.1, 0.15) is 112 Å². The summed E-state index contributed by atoms with van der Waals surface area (Å²) in [6.45, 7) is 7.75. The first kappa shape index (κ1) is 51.0. The molecular formula is C54H70N8O6. The molecule has 2 heterocycles. The molecule has 14 heteroatoms. The van der Waals surface area contributed by atoms with E-state index < -0.39 is 36.3 Å². The van der Waals surface area contributed by atoms with Crippen LogP contribution in [0.3, 0.4) is 0 Å². The van der Waals surface area contributed by atoms with E-state index >= 15 is 0 Å². The fourth-order valence-electron chi connectivity index (χ4n) is 9.07. The minimum atomic E-state index is -0.892. The molecule has 0 aromatic heterocycles. The van der Waals surface area contributed by atoms with Crippen molar-refractivity contribution in [3.8, 4) is 0 Å². The first-order valence-electron chi connectivity index (χ1n) is 24.2. The smallest absolute Gasteiger partial charge is 0.246 e. The zero-order valence-electron chi connectivity index (χ0n) is 40.4. The zero-order chi connectivity index (χ0) is 48.7. The van der Waals surface area contributed by atoms with Crippen molar-refractivity contribution in [3.63, 3.8) is 0 Å². The van der Waals surface area contributed by atoms with Crippen LogP contribution in [0.2, 0.25) is 0 Å². The summed E-state index contributed by atoms with van der Waals surface area (Å²) < 4.78 is 0. The van der Waals surface area contributed by atoms with Crippen LogP contribution >= 0.6 is 0 Å². The Kier molecular flexibility index (Phi) is 18.4. The Morgan fingerprint density at radius 3 is 1.16 bits per heavy atom. The van der Waals surface area contributed by atoms with Gasteiger partial charge in [-0.2, -0.15) is 0 Å². The van der Waals surface area contributed by atoms with Gasteiger partial charge in [0.05, 0.1) is 24.2 Å². The molecule has 362 valence electrons. The summed E-state index contributed by atoms with van der Waals surface area (Å²) in [6, 6.07) is 30.0. The van der Waals surface area contributed by atoms with Crippen molar-refractivity contribution in [2.45, 2.75) is 140 Å². The van der Waals surface area contributed by atoms with Crippen molar-refractivity contribution in [2.75, 3.05) is 14.1 Å². The van der Waals surface area contributed by atoms with Crippen LogP contribution in [0.15, 0.2) is 109 Å². The summed E-state index contributed by atoms with van der Waals surface area (Å²) >= 11 is 0. The standard InChI is InChI=1S/C54H70N8O6/c1-35(39-21-11-9-12-22-39)57-51(65)47-31-41-25-17-19-27-43(41)33-61(47)53(67)45(59-49(63)37(3)55-5)29-15-7-8-16-30-46(60-50(64)38(4)56-6)54(68)62-34-44-28-20-18-26-42(44)32-48(62)52(66)58-36(2)40-23-13-10-14-24-40/h9-14,17-28,35-38,45-48,55-56H,7-8,15-16,29-34H2,1-6H3,(H,57,65)(H,58,66)(H,59,63)(H,60,64).